The summed E-state index contributed by atoms with van der Waals surface area (Å²) < 4.78 is 115. The van der Waals surface area contributed by atoms with Gasteiger partial charge < -0.3 is 10.6 Å². The number of hydrogen-bond donors (Lipinski definition) is 2. The number of rotatable bonds is 9. The van der Waals surface area contributed by atoms with Gasteiger partial charge in [0.2, 0.25) is 5.91 Å². The molecule has 252 valence electrons. The fourth-order valence-corrected chi connectivity index (χ4v) is 8.78. The molecule has 47 heavy (non-hydrogen) atoms. The summed E-state index contributed by atoms with van der Waals surface area (Å²) in [7, 11) is -4.08. The highest BCUT2D eigenvalue weighted by Crippen LogP contribution is 2.53. The van der Waals surface area contributed by atoms with Crippen molar-refractivity contribution in [1.29, 1.82) is 0 Å². The number of halogens is 6. The topological polar surface area (TPSA) is 94.6 Å². The van der Waals surface area contributed by atoms with Crippen molar-refractivity contribution in [3.8, 4) is 0 Å². The van der Waals surface area contributed by atoms with Crippen LogP contribution >= 0.6 is 0 Å². The van der Waals surface area contributed by atoms with E-state index in [0.717, 1.165) is 22.6 Å². The molecule has 3 aromatic rings. The average molecular weight is 682 g/mol. The van der Waals surface area contributed by atoms with Crippen LogP contribution in [0.2, 0.25) is 0 Å². The van der Waals surface area contributed by atoms with Gasteiger partial charge in [0.15, 0.2) is 0 Å². The van der Waals surface area contributed by atoms with E-state index in [9.17, 15) is 35.2 Å². The van der Waals surface area contributed by atoms with Crippen molar-refractivity contribution in [1.82, 2.24) is 18.9 Å². The minimum Gasteiger partial charge on any atom is -0.324 e. The lowest BCUT2D eigenvalue weighted by molar-refractivity contribution is -0.116. The van der Waals surface area contributed by atoms with Crippen molar-refractivity contribution in [3.05, 3.63) is 94.8 Å². The van der Waals surface area contributed by atoms with Gasteiger partial charge in [0.1, 0.15) is 23.3 Å². The molecule has 8 nitrogen and oxygen atoms in total. The molecule has 0 radical (unpaired) electrons. The highest BCUT2D eigenvalue weighted by atomic mass is 32.2. The van der Waals surface area contributed by atoms with Crippen LogP contribution in [0.3, 0.4) is 0 Å². The Kier molecular flexibility index (Phi) is 9.11. The number of carbonyl (C=O) groups is 1. The number of piperidine rings is 1. The number of nitrogens with zero attached hydrogens (tertiary/aromatic N) is 3. The maximum absolute atomic E-state index is 15.3. The third-order valence-corrected chi connectivity index (χ3v) is 11.5. The maximum Gasteiger partial charge on any atom is 0.282 e. The van der Waals surface area contributed by atoms with Crippen LogP contribution < -0.4 is 10.6 Å². The molecular weight excluding hydrogens is 648 g/mol. The standard InChI is InChI=1S/C32H33F6N5O3S/c33-23-3-1-20(2-4-23)26(21-11-24(34)14-25(35)12-21)15-30(44)41-29-18-40-17-28(36)27(29)13-22-16-31(22)19-39-7-10-43(31)47(45,46)42-8-5-32(37,38)6-9-42/h1-4,11-12,14,17-18,22,26,39H,5-10,13,15-16,19H2,(H,41,44)/t22-,26+,31+/m1/s1. The molecule has 2 aromatic carbocycles. The third-order valence-electron chi connectivity index (χ3n) is 9.36. The Morgan fingerprint density at radius 3 is 2.32 bits per heavy atom. The van der Waals surface area contributed by atoms with Gasteiger partial charge in [-0.3, -0.25) is 9.78 Å². The summed E-state index contributed by atoms with van der Waals surface area (Å²) in [6.45, 7) is 0.193. The van der Waals surface area contributed by atoms with E-state index in [1.165, 1.54) is 34.8 Å². The third kappa shape index (κ3) is 7.03. The molecule has 3 atom stereocenters. The first-order valence-electron chi connectivity index (χ1n) is 15.3. The Hall–Kier alpha value is -3.53. The van der Waals surface area contributed by atoms with Crippen molar-refractivity contribution >= 4 is 21.8 Å². The highest BCUT2D eigenvalue weighted by Gasteiger charge is 2.63. The molecule has 1 aromatic heterocycles. The number of benzene rings is 2. The van der Waals surface area contributed by atoms with Crippen LogP contribution in [0.4, 0.5) is 32.0 Å². The van der Waals surface area contributed by atoms with Crippen LogP contribution in [0, 0.1) is 29.2 Å². The van der Waals surface area contributed by atoms with Gasteiger partial charge in [-0.15, -0.1) is 0 Å². The second-order valence-corrected chi connectivity index (χ2v) is 14.3. The number of piperazine rings is 1. The largest absolute Gasteiger partial charge is 0.324 e. The number of alkyl halides is 2. The fourth-order valence-electron chi connectivity index (χ4n) is 6.79. The van der Waals surface area contributed by atoms with Gasteiger partial charge in [0.05, 0.1) is 23.6 Å². The summed E-state index contributed by atoms with van der Waals surface area (Å²) >= 11 is 0. The first-order chi connectivity index (χ1) is 22.3. The second kappa shape index (κ2) is 12.8. The lowest BCUT2D eigenvalue weighted by atomic mass is 9.88. The minimum absolute atomic E-state index is 0.0479. The predicted octanol–water partition coefficient (Wildman–Crippen LogP) is 4.98. The van der Waals surface area contributed by atoms with Gasteiger partial charge in [0, 0.05) is 69.5 Å². The molecule has 2 saturated heterocycles. The number of amides is 1. The molecule has 1 amide bonds. The summed E-state index contributed by atoms with van der Waals surface area (Å²) in [6.07, 6.45) is 1.23. The smallest absolute Gasteiger partial charge is 0.282 e. The molecule has 3 aliphatic rings. The number of hydrogen-bond acceptors (Lipinski definition) is 5. The molecule has 1 aliphatic carbocycles. The van der Waals surface area contributed by atoms with E-state index >= 15 is 4.39 Å². The summed E-state index contributed by atoms with van der Waals surface area (Å²) in [5.74, 6) is -7.74. The molecule has 0 unspecified atom stereocenters. The molecule has 1 spiro atoms. The zero-order valence-corrected chi connectivity index (χ0v) is 26.0. The van der Waals surface area contributed by atoms with Gasteiger partial charge in [-0.25, -0.2) is 26.3 Å². The Balaban J connectivity index is 1.21. The van der Waals surface area contributed by atoms with Crippen molar-refractivity contribution in [2.24, 2.45) is 5.92 Å². The first kappa shape index (κ1) is 33.4. The summed E-state index contributed by atoms with van der Waals surface area (Å²) in [5, 5.41) is 5.86. The van der Waals surface area contributed by atoms with Gasteiger partial charge in [-0.2, -0.15) is 17.0 Å². The van der Waals surface area contributed by atoms with Gasteiger partial charge in [-0.05, 0) is 54.2 Å². The molecular formula is C32H33F6N5O3S. The normalized spacial score (nSPS) is 23.8. The molecule has 3 fully saturated rings. The van der Waals surface area contributed by atoms with E-state index in [0.29, 0.717) is 31.1 Å². The number of carbonyl (C=O) groups excluding carboxylic acids is 1. The Bertz CT molecular complexity index is 1730. The number of aromatic nitrogens is 1. The lowest BCUT2D eigenvalue weighted by Gasteiger charge is -2.41. The van der Waals surface area contributed by atoms with Crippen LogP contribution in [0.5, 0.6) is 0 Å². The summed E-state index contributed by atoms with van der Waals surface area (Å²) in [5.41, 5.74) is -0.177. The molecule has 6 rings (SSSR count). The van der Waals surface area contributed by atoms with Gasteiger partial charge in [-0.1, -0.05) is 12.1 Å². The van der Waals surface area contributed by atoms with E-state index in [1.54, 1.807) is 0 Å². The van der Waals surface area contributed by atoms with Crippen molar-refractivity contribution in [2.75, 3.05) is 38.0 Å². The van der Waals surface area contributed by atoms with E-state index < -0.39 is 69.6 Å². The average Bonchev–Trinajstić information content (AvgIpc) is 3.68. The zero-order chi connectivity index (χ0) is 33.6. The number of pyridine rings is 1. The predicted molar refractivity (Wildman–Crippen MR) is 161 cm³/mol. The van der Waals surface area contributed by atoms with Crippen LogP contribution in [-0.4, -0.2) is 72.1 Å². The fraction of sp³-hybridized carbons (Fsp3) is 0.438. The number of nitrogens with one attached hydrogen (secondary N) is 2. The zero-order valence-electron chi connectivity index (χ0n) is 25.2. The molecule has 1 saturated carbocycles. The maximum atomic E-state index is 15.3. The number of anilines is 1. The summed E-state index contributed by atoms with van der Waals surface area (Å²) in [6, 6.07) is 8.01. The first-order valence-corrected chi connectivity index (χ1v) is 16.7. The summed E-state index contributed by atoms with van der Waals surface area (Å²) in [4.78, 5) is 17.3. The van der Waals surface area contributed by atoms with Crippen LogP contribution in [0.1, 0.15) is 48.3 Å². The molecule has 2 N–H and O–H groups in total. The van der Waals surface area contributed by atoms with E-state index in [2.05, 4.69) is 15.6 Å². The van der Waals surface area contributed by atoms with Crippen molar-refractivity contribution in [3.63, 3.8) is 0 Å². The quantitative estimate of drug-likeness (QED) is 0.311. The molecule has 3 heterocycles. The monoisotopic (exact) mass is 681 g/mol. The van der Waals surface area contributed by atoms with Crippen LogP contribution in [-0.2, 0) is 21.4 Å². The second-order valence-electron chi connectivity index (χ2n) is 12.4. The van der Waals surface area contributed by atoms with Gasteiger partial charge in [0.25, 0.3) is 16.1 Å². The van der Waals surface area contributed by atoms with E-state index in [4.69, 9.17) is 0 Å². The van der Waals surface area contributed by atoms with Crippen molar-refractivity contribution < 1.29 is 39.6 Å². The van der Waals surface area contributed by atoms with E-state index in [1.807, 2.05) is 0 Å². The Morgan fingerprint density at radius 1 is 0.957 bits per heavy atom. The Morgan fingerprint density at radius 2 is 1.64 bits per heavy atom. The highest BCUT2D eigenvalue weighted by molar-refractivity contribution is 7.86. The lowest BCUT2D eigenvalue weighted by Crippen LogP contribution is -2.61. The van der Waals surface area contributed by atoms with Crippen LogP contribution in [0.25, 0.3) is 0 Å². The van der Waals surface area contributed by atoms with E-state index in [-0.39, 0.29) is 55.2 Å². The van der Waals surface area contributed by atoms with Gasteiger partial charge >= 0.3 is 0 Å². The van der Waals surface area contributed by atoms with Crippen molar-refractivity contribution in [2.45, 2.75) is 49.5 Å². The molecule has 2 aliphatic heterocycles. The molecule has 0 bridgehead atoms. The SMILES string of the molecule is O=C(C[C@@H](c1ccc(F)cc1)c1cc(F)cc(F)c1)Nc1cncc(F)c1C[C@@H]1C[C@]12CNCCN2S(=O)(=O)N1CCC(F)(F)CC1. The minimum atomic E-state index is -4.08. The molecule has 15 heteroatoms. The van der Waals surface area contributed by atoms with Crippen LogP contribution in [0.15, 0.2) is 54.9 Å². The Labute approximate surface area is 268 Å².